The SMILES string of the molecule is CC(=O)N[C@@H]1C(Oc2ccc3nonc3c2)OC(CO)C(O)C1O. The second kappa shape index (κ2) is 6.69. The van der Waals surface area contributed by atoms with Gasteiger partial charge in [-0.05, 0) is 22.4 Å². The van der Waals surface area contributed by atoms with Crippen LogP contribution >= 0.6 is 0 Å². The van der Waals surface area contributed by atoms with E-state index >= 15 is 0 Å². The fourth-order valence-corrected chi connectivity index (χ4v) is 2.54. The predicted molar refractivity (Wildman–Crippen MR) is 77.8 cm³/mol. The van der Waals surface area contributed by atoms with Crippen molar-refractivity contribution in [2.75, 3.05) is 6.61 Å². The van der Waals surface area contributed by atoms with Crippen LogP contribution in [0.15, 0.2) is 22.8 Å². The highest BCUT2D eigenvalue weighted by molar-refractivity contribution is 5.74. The summed E-state index contributed by atoms with van der Waals surface area (Å²) in [5, 5.41) is 39.3. The van der Waals surface area contributed by atoms with Gasteiger partial charge in [0.05, 0.1) is 6.61 Å². The number of amides is 1. The first-order valence-electron chi connectivity index (χ1n) is 7.28. The van der Waals surface area contributed by atoms with Crippen LogP contribution in [0.4, 0.5) is 0 Å². The van der Waals surface area contributed by atoms with Gasteiger partial charge in [0, 0.05) is 13.0 Å². The first-order chi connectivity index (χ1) is 11.5. The van der Waals surface area contributed by atoms with E-state index in [4.69, 9.17) is 9.47 Å². The van der Waals surface area contributed by atoms with Gasteiger partial charge in [0.2, 0.25) is 12.2 Å². The smallest absolute Gasteiger partial charge is 0.223 e. The third-order valence-electron chi connectivity index (χ3n) is 3.73. The summed E-state index contributed by atoms with van der Waals surface area (Å²) < 4.78 is 15.7. The third-order valence-corrected chi connectivity index (χ3v) is 3.73. The summed E-state index contributed by atoms with van der Waals surface area (Å²) in [4.78, 5) is 11.4. The second-order valence-electron chi connectivity index (χ2n) is 5.47. The number of aliphatic hydroxyl groups is 3. The molecule has 1 amide bonds. The molecule has 5 atom stereocenters. The lowest BCUT2D eigenvalue weighted by atomic mass is 9.97. The molecule has 1 aromatic carbocycles. The number of benzene rings is 1. The highest BCUT2D eigenvalue weighted by Gasteiger charge is 2.46. The molecule has 1 aliphatic heterocycles. The lowest BCUT2D eigenvalue weighted by Crippen LogP contribution is -2.65. The van der Waals surface area contributed by atoms with E-state index in [-0.39, 0.29) is 0 Å². The number of ether oxygens (including phenoxy) is 2. The molecule has 0 aliphatic carbocycles. The largest absolute Gasteiger partial charge is 0.462 e. The van der Waals surface area contributed by atoms with Gasteiger partial charge < -0.3 is 30.1 Å². The summed E-state index contributed by atoms with van der Waals surface area (Å²) in [7, 11) is 0. The van der Waals surface area contributed by atoms with Gasteiger partial charge in [-0.25, -0.2) is 4.63 Å². The Kier molecular flexibility index (Phi) is 4.62. The number of fused-ring (bicyclic) bond motifs is 1. The van der Waals surface area contributed by atoms with Crippen molar-refractivity contribution < 1.29 is 34.2 Å². The average Bonchev–Trinajstić information content (AvgIpc) is 3.01. The zero-order valence-electron chi connectivity index (χ0n) is 12.7. The van der Waals surface area contributed by atoms with Crippen molar-refractivity contribution in [2.45, 2.75) is 37.6 Å². The number of carbonyl (C=O) groups excluding carboxylic acids is 1. The fourth-order valence-electron chi connectivity index (χ4n) is 2.54. The minimum absolute atomic E-state index is 0.332. The highest BCUT2D eigenvalue weighted by Crippen LogP contribution is 2.26. The molecule has 1 fully saturated rings. The van der Waals surface area contributed by atoms with E-state index in [0.717, 1.165) is 0 Å². The fraction of sp³-hybridized carbons (Fsp3) is 0.500. The zero-order valence-corrected chi connectivity index (χ0v) is 12.7. The maximum Gasteiger partial charge on any atom is 0.223 e. The monoisotopic (exact) mass is 339 g/mol. The van der Waals surface area contributed by atoms with Crippen LogP contribution in [0.1, 0.15) is 6.92 Å². The Morgan fingerprint density at radius 2 is 2.04 bits per heavy atom. The molecule has 0 saturated carbocycles. The van der Waals surface area contributed by atoms with Gasteiger partial charge >= 0.3 is 0 Å². The van der Waals surface area contributed by atoms with Gasteiger partial charge in [-0.3, -0.25) is 4.79 Å². The number of nitrogens with one attached hydrogen (secondary N) is 1. The molecule has 0 radical (unpaired) electrons. The molecule has 2 aromatic rings. The molecule has 0 spiro atoms. The van der Waals surface area contributed by atoms with Gasteiger partial charge in [0.25, 0.3) is 0 Å². The normalized spacial score (nSPS) is 30.2. The molecule has 24 heavy (non-hydrogen) atoms. The van der Waals surface area contributed by atoms with Crippen molar-refractivity contribution in [1.82, 2.24) is 15.6 Å². The van der Waals surface area contributed by atoms with Gasteiger partial charge in [0.1, 0.15) is 41.1 Å². The maximum atomic E-state index is 11.4. The Hall–Kier alpha value is -2.27. The molecule has 130 valence electrons. The molecule has 1 saturated heterocycles. The summed E-state index contributed by atoms with van der Waals surface area (Å²) in [5.41, 5.74) is 0.993. The Labute approximate surface area is 135 Å². The molecular weight excluding hydrogens is 322 g/mol. The Bertz CT molecular complexity index is 721. The molecular formula is C14H17N3O7. The lowest BCUT2D eigenvalue weighted by molar-refractivity contribution is -0.244. The van der Waals surface area contributed by atoms with Gasteiger partial charge in [-0.2, -0.15) is 0 Å². The molecule has 3 rings (SSSR count). The minimum atomic E-state index is -1.37. The second-order valence-corrected chi connectivity index (χ2v) is 5.47. The number of rotatable bonds is 4. The van der Waals surface area contributed by atoms with Crippen molar-refractivity contribution in [3.05, 3.63) is 18.2 Å². The molecule has 4 N–H and O–H groups in total. The quantitative estimate of drug-likeness (QED) is 0.525. The number of aliphatic hydroxyl groups excluding tert-OH is 3. The van der Waals surface area contributed by atoms with E-state index < -0.39 is 43.2 Å². The highest BCUT2D eigenvalue weighted by atomic mass is 16.7. The van der Waals surface area contributed by atoms with Crippen LogP contribution in [0.2, 0.25) is 0 Å². The molecule has 2 heterocycles. The van der Waals surface area contributed by atoms with Crippen LogP contribution in [-0.2, 0) is 9.53 Å². The van der Waals surface area contributed by atoms with Gasteiger partial charge in [-0.15, -0.1) is 0 Å². The van der Waals surface area contributed by atoms with Gasteiger partial charge in [-0.1, -0.05) is 0 Å². The Morgan fingerprint density at radius 1 is 1.29 bits per heavy atom. The minimum Gasteiger partial charge on any atom is -0.462 e. The summed E-state index contributed by atoms with van der Waals surface area (Å²) in [6.45, 7) is 0.749. The van der Waals surface area contributed by atoms with Crippen molar-refractivity contribution >= 4 is 16.9 Å². The summed E-state index contributed by atoms with van der Waals surface area (Å²) in [5.74, 6) is -0.0964. The Balaban J connectivity index is 1.84. The molecule has 1 aromatic heterocycles. The average molecular weight is 339 g/mol. The lowest BCUT2D eigenvalue weighted by Gasteiger charge is -2.42. The van der Waals surface area contributed by atoms with E-state index in [1.165, 1.54) is 6.92 Å². The standard InChI is InChI=1S/C14H17N3O7/c1-6(19)15-11-13(21)12(20)10(5-18)23-14(11)22-7-2-3-8-9(4-7)17-24-16-8/h2-4,10-14,18,20-21H,5H2,1H3,(H,15,19)/t10?,11-,12?,13?,14?/m0/s1. The first-order valence-corrected chi connectivity index (χ1v) is 7.28. The van der Waals surface area contributed by atoms with E-state index in [9.17, 15) is 20.1 Å². The van der Waals surface area contributed by atoms with E-state index in [1.807, 2.05) is 0 Å². The number of aromatic nitrogens is 2. The summed E-state index contributed by atoms with van der Waals surface area (Å²) >= 11 is 0. The zero-order chi connectivity index (χ0) is 17.3. The van der Waals surface area contributed by atoms with E-state index in [2.05, 4.69) is 20.3 Å². The number of carbonyl (C=O) groups is 1. The third kappa shape index (κ3) is 3.17. The maximum absolute atomic E-state index is 11.4. The van der Waals surface area contributed by atoms with Crippen LogP contribution in [-0.4, -0.2) is 68.8 Å². The molecule has 1 aliphatic rings. The van der Waals surface area contributed by atoms with Crippen molar-refractivity contribution in [3.63, 3.8) is 0 Å². The van der Waals surface area contributed by atoms with Crippen molar-refractivity contribution in [2.24, 2.45) is 0 Å². The van der Waals surface area contributed by atoms with E-state index in [0.29, 0.717) is 16.8 Å². The number of hydrogen-bond acceptors (Lipinski definition) is 9. The van der Waals surface area contributed by atoms with Crippen LogP contribution in [0.5, 0.6) is 5.75 Å². The van der Waals surface area contributed by atoms with Crippen LogP contribution in [0.25, 0.3) is 11.0 Å². The van der Waals surface area contributed by atoms with Crippen molar-refractivity contribution in [3.8, 4) is 5.75 Å². The predicted octanol–water partition coefficient (Wildman–Crippen LogP) is -1.45. The van der Waals surface area contributed by atoms with Crippen LogP contribution < -0.4 is 10.1 Å². The van der Waals surface area contributed by atoms with E-state index in [1.54, 1.807) is 18.2 Å². The van der Waals surface area contributed by atoms with Crippen molar-refractivity contribution in [1.29, 1.82) is 0 Å². The first kappa shape index (κ1) is 16.6. The summed E-state index contributed by atoms with van der Waals surface area (Å²) in [6, 6.07) is 3.73. The molecule has 4 unspecified atom stereocenters. The number of hydrogen-bond donors (Lipinski definition) is 4. The molecule has 10 nitrogen and oxygen atoms in total. The van der Waals surface area contributed by atoms with Gasteiger partial charge in [0.15, 0.2) is 0 Å². The molecule has 10 heteroatoms. The number of nitrogens with zero attached hydrogens (tertiary/aromatic N) is 2. The topological polar surface area (TPSA) is 147 Å². The molecule has 0 bridgehead atoms. The van der Waals surface area contributed by atoms with Crippen LogP contribution in [0, 0.1) is 0 Å². The Morgan fingerprint density at radius 3 is 2.75 bits per heavy atom. The van der Waals surface area contributed by atoms with Crippen LogP contribution in [0.3, 0.4) is 0 Å². The summed E-state index contributed by atoms with van der Waals surface area (Å²) in [6.07, 6.45) is -4.91.